The van der Waals surface area contributed by atoms with Crippen molar-refractivity contribution in [2.45, 2.75) is 57.8 Å². The molecule has 1 aromatic carbocycles. The molecule has 168 valence electrons. The molecule has 0 bridgehead atoms. The molecule has 4 rings (SSSR count). The Kier molecular flexibility index (Phi) is 7.52. The molecule has 6 nitrogen and oxygen atoms in total. The van der Waals surface area contributed by atoms with Crippen molar-refractivity contribution in [3.63, 3.8) is 0 Å². The summed E-state index contributed by atoms with van der Waals surface area (Å²) in [7, 11) is 2.25. The number of nitrogens with two attached hydrogens (primary N) is 1. The zero-order valence-corrected chi connectivity index (χ0v) is 18.6. The maximum Gasteiger partial charge on any atom is 0.157 e. The van der Waals surface area contributed by atoms with Crippen LogP contribution in [0.3, 0.4) is 0 Å². The molecule has 3 fully saturated rings. The highest BCUT2D eigenvalue weighted by molar-refractivity contribution is 5.59. The average Bonchev–Trinajstić information content (AvgIpc) is 2.77. The Morgan fingerprint density at radius 1 is 1.07 bits per heavy atom. The lowest BCUT2D eigenvalue weighted by molar-refractivity contribution is -0.169. The lowest BCUT2D eigenvalue weighted by atomic mass is 9.71. The van der Waals surface area contributed by atoms with Crippen molar-refractivity contribution in [3.8, 4) is 0 Å². The van der Waals surface area contributed by atoms with Crippen molar-refractivity contribution in [1.29, 1.82) is 0 Å². The highest BCUT2D eigenvalue weighted by Crippen LogP contribution is 2.42. The van der Waals surface area contributed by atoms with Crippen LogP contribution in [-0.2, 0) is 20.8 Å². The molecule has 0 aromatic heterocycles. The van der Waals surface area contributed by atoms with Crippen LogP contribution in [0.1, 0.15) is 50.5 Å². The summed E-state index contributed by atoms with van der Waals surface area (Å²) in [6.07, 6.45) is 8.55. The second kappa shape index (κ2) is 10.3. The molecule has 0 radical (unpaired) electrons. The molecule has 3 aliphatic heterocycles. The van der Waals surface area contributed by atoms with E-state index in [-0.39, 0.29) is 6.29 Å². The monoisotopic (exact) mass is 417 g/mol. The fraction of sp³-hybridized carbons (Fsp3) is 0.750. The van der Waals surface area contributed by atoms with Gasteiger partial charge in [-0.1, -0.05) is 0 Å². The van der Waals surface area contributed by atoms with Gasteiger partial charge in [0.15, 0.2) is 6.29 Å². The maximum atomic E-state index is 6.09. The summed E-state index contributed by atoms with van der Waals surface area (Å²) in [6.45, 7) is 7.27. The SMILES string of the molecule is CN1CCC2(CC1)CCN(c1ccc(N)cc1COCCOC1CCCCO1)CC2. The van der Waals surface area contributed by atoms with Gasteiger partial charge in [-0.25, -0.2) is 0 Å². The van der Waals surface area contributed by atoms with Gasteiger partial charge in [-0.3, -0.25) is 0 Å². The van der Waals surface area contributed by atoms with Gasteiger partial charge >= 0.3 is 0 Å². The number of benzene rings is 1. The molecule has 0 aliphatic carbocycles. The van der Waals surface area contributed by atoms with E-state index in [0.29, 0.717) is 25.2 Å². The molecule has 1 aromatic rings. The quantitative estimate of drug-likeness (QED) is 0.540. The topological polar surface area (TPSA) is 60.2 Å². The number of ether oxygens (including phenoxy) is 3. The second-order valence-electron chi connectivity index (χ2n) is 9.40. The van der Waals surface area contributed by atoms with Crippen LogP contribution in [0.2, 0.25) is 0 Å². The number of anilines is 2. The van der Waals surface area contributed by atoms with E-state index in [2.05, 4.69) is 29.0 Å². The van der Waals surface area contributed by atoms with Crippen LogP contribution in [0.5, 0.6) is 0 Å². The molecule has 0 amide bonds. The smallest absolute Gasteiger partial charge is 0.157 e. The van der Waals surface area contributed by atoms with Crippen molar-refractivity contribution in [2.75, 3.05) is 63.7 Å². The van der Waals surface area contributed by atoms with Crippen LogP contribution in [0, 0.1) is 5.41 Å². The van der Waals surface area contributed by atoms with Gasteiger partial charge < -0.3 is 29.7 Å². The van der Waals surface area contributed by atoms with Crippen LogP contribution in [0.25, 0.3) is 0 Å². The highest BCUT2D eigenvalue weighted by atomic mass is 16.7. The molecular weight excluding hydrogens is 378 g/mol. The van der Waals surface area contributed by atoms with E-state index < -0.39 is 0 Å². The first-order chi connectivity index (χ1) is 14.6. The Balaban J connectivity index is 1.27. The van der Waals surface area contributed by atoms with Crippen LogP contribution in [0.4, 0.5) is 11.4 Å². The fourth-order valence-corrected chi connectivity index (χ4v) is 5.11. The second-order valence-corrected chi connectivity index (χ2v) is 9.40. The first-order valence-electron chi connectivity index (χ1n) is 11.8. The van der Waals surface area contributed by atoms with Gasteiger partial charge in [0.1, 0.15) is 0 Å². The first-order valence-corrected chi connectivity index (χ1v) is 11.8. The van der Waals surface area contributed by atoms with Crippen LogP contribution in [0.15, 0.2) is 18.2 Å². The maximum absolute atomic E-state index is 6.09. The predicted octanol–water partition coefficient (Wildman–Crippen LogP) is 3.64. The molecule has 1 spiro atoms. The predicted molar refractivity (Wildman–Crippen MR) is 121 cm³/mol. The molecule has 6 heteroatoms. The zero-order chi connectivity index (χ0) is 20.8. The molecule has 3 heterocycles. The van der Waals surface area contributed by atoms with Gasteiger partial charge in [0.05, 0.1) is 19.8 Å². The van der Waals surface area contributed by atoms with E-state index in [1.54, 1.807) is 0 Å². The normalized spacial score (nSPS) is 25.0. The summed E-state index contributed by atoms with van der Waals surface area (Å²) in [5.74, 6) is 0. The van der Waals surface area contributed by atoms with E-state index >= 15 is 0 Å². The third-order valence-electron chi connectivity index (χ3n) is 7.24. The van der Waals surface area contributed by atoms with E-state index in [9.17, 15) is 0 Å². The van der Waals surface area contributed by atoms with Gasteiger partial charge in [0, 0.05) is 36.6 Å². The standard InChI is InChI=1S/C24H39N3O3/c1-26-11-7-24(8-12-26)9-13-27(14-10-24)22-6-5-21(25)18-20(22)19-28-16-17-30-23-4-2-3-15-29-23/h5-6,18,23H,2-4,7-17,19,25H2,1H3. The Bertz CT molecular complexity index is 660. The number of nitrogens with zero attached hydrogens (tertiary/aromatic N) is 2. The minimum Gasteiger partial charge on any atom is -0.399 e. The summed E-state index contributed by atoms with van der Waals surface area (Å²) in [5, 5.41) is 0. The van der Waals surface area contributed by atoms with E-state index in [1.165, 1.54) is 56.4 Å². The average molecular weight is 418 g/mol. The third kappa shape index (κ3) is 5.67. The highest BCUT2D eigenvalue weighted by Gasteiger charge is 2.37. The minimum atomic E-state index is -0.0504. The Hall–Kier alpha value is -1.34. The third-order valence-corrected chi connectivity index (χ3v) is 7.24. The molecule has 3 saturated heterocycles. The molecule has 1 atom stereocenters. The van der Waals surface area contributed by atoms with Crippen molar-refractivity contribution >= 4 is 11.4 Å². The lowest BCUT2D eigenvalue weighted by Crippen LogP contribution is -2.46. The fourth-order valence-electron chi connectivity index (χ4n) is 5.11. The van der Waals surface area contributed by atoms with Gasteiger partial charge in [0.25, 0.3) is 0 Å². The van der Waals surface area contributed by atoms with E-state index in [0.717, 1.165) is 38.2 Å². The first kappa shape index (κ1) is 21.9. The number of likely N-dealkylation sites (tertiary alicyclic amines) is 1. The summed E-state index contributed by atoms with van der Waals surface area (Å²) in [5.41, 5.74) is 9.91. The van der Waals surface area contributed by atoms with Gasteiger partial charge in [0.2, 0.25) is 0 Å². The molecule has 0 saturated carbocycles. The molecule has 1 unspecified atom stereocenters. The number of hydrogen-bond donors (Lipinski definition) is 1. The Morgan fingerprint density at radius 3 is 2.57 bits per heavy atom. The Morgan fingerprint density at radius 2 is 1.83 bits per heavy atom. The minimum absolute atomic E-state index is 0.0504. The van der Waals surface area contributed by atoms with Gasteiger partial charge in [-0.05, 0) is 88.7 Å². The van der Waals surface area contributed by atoms with Crippen LogP contribution in [-0.4, -0.2) is 64.2 Å². The van der Waals surface area contributed by atoms with E-state index in [1.807, 2.05) is 6.07 Å². The summed E-state index contributed by atoms with van der Waals surface area (Å²) < 4.78 is 17.3. The zero-order valence-electron chi connectivity index (χ0n) is 18.6. The van der Waals surface area contributed by atoms with Crippen molar-refractivity contribution < 1.29 is 14.2 Å². The molecule has 30 heavy (non-hydrogen) atoms. The Labute approximate surface area is 181 Å². The number of rotatable bonds is 7. The summed E-state index contributed by atoms with van der Waals surface area (Å²) >= 11 is 0. The summed E-state index contributed by atoms with van der Waals surface area (Å²) in [4.78, 5) is 5.01. The molecule has 2 N–H and O–H groups in total. The number of piperidine rings is 2. The van der Waals surface area contributed by atoms with Gasteiger partial charge in [-0.2, -0.15) is 0 Å². The molecular formula is C24H39N3O3. The van der Waals surface area contributed by atoms with Crippen molar-refractivity contribution in [1.82, 2.24) is 4.90 Å². The largest absolute Gasteiger partial charge is 0.399 e. The van der Waals surface area contributed by atoms with Crippen LogP contribution < -0.4 is 10.6 Å². The van der Waals surface area contributed by atoms with Gasteiger partial charge in [-0.15, -0.1) is 0 Å². The lowest BCUT2D eigenvalue weighted by Gasteiger charge is -2.47. The summed E-state index contributed by atoms with van der Waals surface area (Å²) in [6, 6.07) is 6.26. The van der Waals surface area contributed by atoms with E-state index in [4.69, 9.17) is 19.9 Å². The number of hydrogen-bond acceptors (Lipinski definition) is 6. The van der Waals surface area contributed by atoms with Crippen molar-refractivity contribution in [3.05, 3.63) is 23.8 Å². The number of nitrogen functional groups attached to an aromatic ring is 1. The van der Waals surface area contributed by atoms with Crippen molar-refractivity contribution in [2.24, 2.45) is 5.41 Å². The van der Waals surface area contributed by atoms with Crippen LogP contribution >= 0.6 is 0 Å². The molecule has 3 aliphatic rings.